The van der Waals surface area contributed by atoms with Gasteiger partial charge in [-0.25, -0.2) is 0 Å². The lowest BCUT2D eigenvalue weighted by Crippen LogP contribution is -2.05. The lowest BCUT2D eigenvalue weighted by atomic mass is 9.97. The molecule has 0 aliphatic rings. The number of hydrogen-bond donors (Lipinski definition) is 0. The highest BCUT2D eigenvalue weighted by Crippen LogP contribution is 2.19. The van der Waals surface area contributed by atoms with Gasteiger partial charge >= 0.3 is 0 Å². The fourth-order valence-corrected chi connectivity index (χ4v) is 3.31. The summed E-state index contributed by atoms with van der Waals surface area (Å²) >= 11 is 0. The number of pyridine rings is 1. The van der Waals surface area contributed by atoms with Crippen molar-refractivity contribution in [3.05, 3.63) is 28.6 Å². The lowest BCUT2D eigenvalue weighted by Gasteiger charge is -2.13. The SMILES string of the molecule is CCCCCCCCCCc1c(C)cc(C)nc1CCCOC. The van der Waals surface area contributed by atoms with Crippen LogP contribution < -0.4 is 0 Å². The Bertz CT molecular complexity index is 428. The van der Waals surface area contributed by atoms with Gasteiger partial charge in [-0.15, -0.1) is 0 Å². The molecule has 0 spiro atoms. The van der Waals surface area contributed by atoms with Gasteiger partial charge in [-0.05, 0) is 56.7 Å². The smallest absolute Gasteiger partial charge is 0.0466 e. The zero-order valence-corrected chi connectivity index (χ0v) is 15.9. The summed E-state index contributed by atoms with van der Waals surface area (Å²) in [6.45, 7) is 7.45. The summed E-state index contributed by atoms with van der Waals surface area (Å²) in [6.07, 6.45) is 14.3. The average Bonchev–Trinajstić information content (AvgIpc) is 2.52. The Morgan fingerprint density at radius 3 is 2.17 bits per heavy atom. The molecule has 0 amide bonds. The van der Waals surface area contributed by atoms with Crippen molar-refractivity contribution in [2.45, 2.75) is 91.4 Å². The zero-order valence-electron chi connectivity index (χ0n) is 15.9. The number of aryl methyl sites for hydroxylation is 3. The first kappa shape index (κ1) is 20.2. The predicted octanol–water partition coefficient (Wildman–Crippen LogP) is 5.96. The standard InChI is InChI=1S/C21H37NO/c1-5-6-7-8-9-10-11-12-14-20-18(2)17-19(3)22-21(20)15-13-16-23-4/h17H,5-16H2,1-4H3. The highest BCUT2D eigenvalue weighted by atomic mass is 16.5. The second-order valence-corrected chi connectivity index (χ2v) is 6.83. The molecule has 0 bridgehead atoms. The summed E-state index contributed by atoms with van der Waals surface area (Å²) in [5.41, 5.74) is 5.38. The first-order valence-electron chi connectivity index (χ1n) is 9.64. The third-order valence-electron chi connectivity index (χ3n) is 4.60. The van der Waals surface area contributed by atoms with Crippen LogP contribution in [0.15, 0.2) is 6.07 Å². The summed E-state index contributed by atoms with van der Waals surface area (Å²) in [7, 11) is 1.77. The maximum absolute atomic E-state index is 5.19. The van der Waals surface area contributed by atoms with Crippen LogP contribution in [0.4, 0.5) is 0 Å². The number of methoxy groups -OCH3 is 1. The molecule has 23 heavy (non-hydrogen) atoms. The van der Waals surface area contributed by atoms with Gasteiger partial charge < -0.3 is 4.74 Å². The molecule has 0 aliphatic carbocycles. The van der Waals surface area contributed by atoms with Gasteiger partial charge in [0.15, 0.2) is 0 Å². The number of rotatable bonds is 13. The fraction of sp³-hybridized carbons (Fsp3) is 0.762. The molecule has 1 rings (SSSR count). The Morgan fingerprint density at radius 1 is 0.870 bits per heavy atom. The van der Waals surface area contributed by atoms with Crippen molar-refractivity contribution in [1.29, 1.82) is 0 Å². The number of nitrogens with zero attached hydrogens (tertiary/aromatic N) is 1. The van der Waals surface area contributed by atoms with Crippen LogP contribution in [-0.2, 0) is 17.6 Å². The number of hydrogen-bond acceptors (Lipinski definition) is 2. The molecule has 0 saturated carbocycles. The molecule has 0 N–H and O–H groups in total. The summed E-state index contributed by atoms with van der Waals surface area (Å²) in [5.74, 6) is 0. The minimum absolute atomic E-state index is 0.825. The Balaban J connectivity index is 2.39. The van der Waals surface area contributed by atoms with E-state index in [-0.39, 0.29) is 0 Å². The minimum Gasteiger partial charge on any atom is -0.385 e. The molecule has 1 heterocycles. The Labute approximate surface area is 144 Å². The van der Waals surface area contributed by atoms with E-state index in [9.17, 15) is 0 Å². The number of aromatic nitrogens is 1. The van der Waals surface area contributed by atoms with Gasteiger partial charge in [0.05, 0.1) is 0 Å². The second kappa shape index (κ2) is 12.5. The number of unbranched alkanes of at least 4 members (excludes halogenated alkanes) is 7. The average molecular weight is 320 g/mol. The second-order valence-electron chi connectivity index (χ2n) is 6.83. The van der Waals surface area contributed by atoms with Gasteiger partial charge in [0.25, 0.3) is 0 Å². The third-order valence-corrected chi connectivity index (χ3v) is 4.60. The van der Waals surface area contributed by atoms with Crippen molar-refractivity contribution in [2.75, 3.05) is 13.7 Å². The normalized spacial score (nSPS) is 11.1. The van der Waals surface area contributed by atoms with Crippen molar-refractivity contribution in [1.82, 2.24) is 4.98 Å². The van der Waals surface area contributed by atoms with E-state index in [2.05, 4.69) is 26.8 Å². The zero-order chi connectivity index (χ0) is 16.9. The van der Waals surface area contributed by atoms with Gasteiger partial charge in [0.1, 0.15) is 0 Å². The molecule has 0 aromatic carbocycles. The molecule has 0 aliphatic heterocycles. The molecule has 132 valence electrons. The molecule has 0 unspecified atom stereocenters. The van der Waals surface area contributed by atoms with Crippen LogP contribution in [-0.4, -0.2) is 18.7 Å². The molecule has 2 heteroatoms. The van der Waals surface area contributed by atoms with Crippen molar-refractivity contribution >= 4 is 0 Å². The van der Waals surface area contributed by atoms with E-state index in [0.717, 1.165) is 25.1 Å². The van der Waals surface area contributed by atoms with Crippen LogP contribution in [0.25, 0.3) is 0 Å². The van der Waals surface area contributed by atoms with E-state index < -0.39 is 0 Å². The molecule has 1 aromatic rings. The molecule has 0 saturated heterocycles. The molecule has 0 radical (unpaired) electrons. The first-order chi connectivity index (χ1) is 11.2. The number of ether oxygens (including phenoxy) is 1. The Morgan fingerprint density at radius 2 is 1.52 bits per heavy atom. The van der Waals surface area contributed by atoms with Crippen LogP contribution >= 0.6 is 0 Å². The fourth-order valence-electron chi connectivity index (χ4n) is 3.31. The Hall–Kier alpha value is -0.890. The van der Waals surface area contributed by atoms with Crippen molar-refractivity contribution in [2.24, 2.45) is 0 Å². The van der Waals surface area contributed by atoms with Crippen molar-refractivity contribution in [3.8, 4) is 0 Å². The van der Waals surface area contributed by atoms with Crippen LogP contribution in [0.1, 0.15) is 87.2 Å². The van der Waals surface area contributed by atoms with Crippen LogP contribution in [0.2, 0.25) is 0 Å². The summed E-state index contributed by atoms with van der Waals surface area (Å²) in [5, 5.41) is 0. The third kappa shape index (κ3) is 8.50. The van der Waals surface area contributed by atoms with Gasteiger partial charge in [-0.1, -0.05) is 51.9 Å². The topological polar surface area (TPSA) is 22.1 Å². The van der Waals surface area contributed by atoms with E-state index >= 15 is 0 Å². The predicted molar refractivity (Wildman–Crippen MR) is 100 cm³/mol. The molecule has 0 fully saturated rings. The van der Waals surface area contributed by atoms with E-state index in [1.54, 1.807) is 7.11 Å². The van der Waals surface area contributed by atoms with Crippen molar-refractivity contribution in [3.63, 3.8) is 0 Å². The monoisotopic (exact) mass is 319 g/mol. The Kier molecular flexibility index (Phi) is 11.0. The van der Waals surface area contributed by atoms with Crippen molar-refractivity contribution < 1.29 is 4.74 Å². The quantitative estimate of drug-likeness (QED) is 0.418. The van der Waals surface area contributed by atoms with E-state index in [1.165, 1.54) is 74.6 Å². The lowest BCUT2D eigenvalue weighted by molar-refractivity contribution is 0.195. The summed E-state index contributed by atoms with van der Waals surface area (Å²) in [6, 6.07) is 2.24. The molecular formula is C21H37NO. The maximum Gasteiger partial charge on any atom is 0.0466 e. The molecular weight excluding hydrogens is 282 g/mol. The summed E-state index contributed by atoms with van der Waals surface area (Å²) in [4.78, 5) is 4.80. The minimum atomic E-state index is 0.825. The van der Waals surface area contributed by atoms with Gasteiger partial charge in [0.2, 0.25) is 0 Å². The van der Waals surface area contributed by atoms with E-state index in [0.29, 0.717) is 0 Å². The molecule has 1 aromatic heterocycles. The van der Waals surface area contributed by atoms with Crippen LogP contribution in [0.5, 0.6) is 0 Å². The molecule has 2 nitrogen and oxygen atoms in total. The maximum atomic E-state index is 5.19. The summed E-state index contributed by atoms with van der Waals surface area (Å²) < 4.78 is 5.19. The highest BCUT2D eigenvalue weighted by Gasteiger charge is 2.08. The molecule has 0 atom stereocenters. The van der Waals surface area contributed by atoms with E-state index in [4.69, 9.17) is 9.72 Å². The largest absolute Gasteiger partial charge is 0.385 e. The highest BCUT2D eigenvalue weighted by molar-refractivity contribution is 5.32. The van der Waals surface area contributed by atoms with Crippen LogP contribution in [0, 0.1) is 13.8 Å². The van der Waals surface area contributed by atoms with E-state index in [1.807, 2.05) is 0 Å². The van der Waals surface area contributed by atoms with Gasteiger partial charge in [-0.3, -0.25) is 4.98 Å². The van der Waals surface area contributed by atoms with Crippen LogP contribution in [0.3, 0.4) is 0 Å². The van der Waals surface area contributed by atoms with Gasteiger partial charge in [-0.2, -0.15) is 0 Å². The van der Waals surface area contributed by atoms with Gasteiger partial charge in [0, 0.05) is 25.1 Å². The first-order valence-corrected chi connectivity index (χ1v) is 9.64.